The lowest BCUT2D eigenvalue weighted by Gasteiger charge is -2.53. The van der Waals surface area contributed by atoms with Crippen molar-refractivity contribution in [2.24, 2.45) is 35.0 Å². The van der Waals surface area contributed by atoms with Crippen LogP contribution in [0.4, 0.5) is 0 Å². The number of aromatic nitrogens is 3. The van der Waals surface area contributed by atoms with Crippen LogP contribution in [-0.2, 0) is 43.2 Å². The van der Waals surface area contributed by atoms with Crippen LogP contribution >= 0.6 is 11.3 Å². The molecule has 2 amide bonds. The Bertz CT molecular complexity index is 2570. The van der Waals surface area contributed by atoms with Crippen LogP contribution < -0.4 is 15.5 Å². The van der Waals surface area contributed by atoms with Crippen molar-refractivity contribution >= 4 is 40.0 Å². The van der Waals surface area contributed by atoms with Crippen molar-refractivity contribution in [1.82, 2.24) is 40.1 Å². The number of likely N-dealkylation sites (N-methyl/N-ethyl adjacent to an activating group) is 1. The minimum atomic E-state index is -0.647. The Hall–Kier alpha value is -4.85. The van der Waals surface area contributed by atoms with Crippen LogP contribution in [0.5, 0.6) is 5.75 Å². The molecular formula is C50H62N8O6S. The summed E-state index contributed by atoms with van der Waals surface area (Å²) in [7, 11) is 3.87. The van der Waals surface area contributed by atoms with Crippen molar-refractivity contribution in [2.75, 3.05) is 66.6 Å². The number of fused-ring (bicyclic) bond motifs is 4. The first-order valence-corrected chi connectivity index (χ1v) is 24.4. The van der Waals surface area contributed by atoms with Crippen molar-refractivity contribution in [3.8, 4) is 40.1 Å². The Morgan fingerprint density at radius 3 is 2.63 bits per heavy atom. The topological polar surface area (TPSA) is 143 Å². The normalized spacial score (nSPS) is 28.0. The van der Waals surface area contributed by atoms with E-state index in [1.165, 1.54) is 11.3 Å². The number of hydrogen-bond donors (Lipinski definition) is 2. The van der Waals surface area contributed by atoms with Crippen molar-refractivity contribution in [3.05, 3.63) is 51.6 Å². The van der Waals surface area contributed by atoms with Gasteiger partial charge in [-0.1, -0.05) is 39.5 Å². The molecule has 0 radical (unpaired) electrons. The Balaban J connectivity index is 1.07. The summed E-state index contributed by atoms with van der Waals surface area (Å²) in [6.07, 6.45) is 3.93. The summed E-state index contributed by atoms with van der Waals surface area (Å²) in [4.78, 5) is 56.9. The van der Waals surface area contributed by atoms with E-state index in [0.29, 0.717) is 44.4 Å². The number of nitrogens with one attached hydrogen (secondary N) is 2. The summed E-state index contributed by atoms with van der Waals surface area (Å²) >= 11 is 1.52. The second kappa shape index (κ2) is 17.4. The number of esters is 1. The summed E-state index contributed by atoms with van der Waals surface area (Å²) in [5.74, 6) is 7.25. The zero-order valence-corrected chi connectivity index (χ0v) is 39.6. The van der Waals surface area contributed by atoms with E-state index in [9.17, 15) is 14.4 Å². The molecule has 2 aliphatic carbocycles. The average molecular weight is 903 g/mol. The highest BCUT2D eigenvalue weighted by Gasteiger charge is 2.52. The van der Waals surface area contributed by atoms with Gasteiger partial charge in [-0.3, -0.25) is 29.3 Å². The van der Waals surface area contributed by atoms with Gasteiger partial charge in [-0.05, 0) is 74.8 Å². The summed E-state index contributed by atoms with van der Waals surface area (Å²) in [5.41, 5.74) is 10.3. The zero-order valence-electron chi connectivity index (χ0n) is 38.7. The number of amides is 2. The summed E-state index contributed by atoms with van der Waals surface area (Å²) in [6.45, 7) is 16.7. The van der Waals surface area contributed by atoms with E-state index in [1.807, 2.05) is 13.1 Å². The number of carbonyl (C=O) groups is 3. The fraction of sp³-hybridized carbons (Fsp3) is 0.580. The van der Waals surface area contributed by atoms with Gasteiger partial charge in [0, 0.05) is 97.3 Å². The van der Waals surface area contributed by atoms with E-state index in [-0.39, 0.29) is 54.9 Å². The molecule has 3 saturated heterocycles. The van der Waals surface area contributed by atoms with Gasteiger partial charge in [0.25, 0.3) is 0 Å². The number of nitrogens with zero attached hydrogens (tertiary/aromatic N) is 6. The standard InChI is InChI=1S/C50H62N8O6S/c1-28-29(2)42(28)47(59)52-25-34-22-41-53-39(26-65-41)32-20-36-38(23-50(4,5)27-64-49(61)44-33-18-35(19-33)58(54-44)48(34)60)45(57-15-16-63-40(21-32)46(36)57)37-17-31(24-51-43(37)30(3)62-7)9-8-10-56-13-11-55(6)12-14-56/h17,20-21,24,26,28-30,33-35,42,44,54H,10-16,18-19,22-23,25,27H2,1-7H3,(H,52,59)/t28-,29+,30-,33?,34+,35?,42?,44-/m0/s1. The molecule has 4 aromatic rings. The fourth-order valence-corrected chi connectivity index (χ4v) is 11.6. The average Bonchev–Trinajstić information content (AvgIpc) is 3.54. The number of ether oxygens (including phenoxy) is 3. The molecule has 7 aliphatic rings. The van der Waals surface area contributed by atoms with Gasteiger partial charge in [-0.15, -0.1) is 11.3 Å². The lowest BCUT2D eigenvalue weighted by Crippen LogP contribution is -2.70. The minimum Gasteiger partial charge on any atom is -0.489 e. The first-order valence-electron chi connectivity index (χ1n) is 23.5. The van der Waals surface area contributed by atoms with Crippen molar-refractivity contribution in [3.63, 3.8) is 0 Å². The number of rotatable bonds is 7. The molecule has 65 heavy (non-hydrogen) atoms. The molecule has 1 aromatic carbocycles. The number of cyclic esters (lactones) is 1. The smallest absolute Gasteiger partial charge is 0.325 e. The Morgan fingerprint density at radius 2 is 1.88 bits per heavy atom. The third-order valence-corrected chi connectivity index (χ3v) is 16.0. The van der Waals surface area contributed by atoms with E-state index in [0.717, 1.165) is 100 Å². The highest BCUT2D eigenvalue weighted by molar-refractivity contribution is 7.10. The molecule has 0 spiro atoms. The largest absolute Gasteiger partial charge is 0.489 e. The molecule has 14 nitrogen and oxygen atoms in total. The molecule has 5 fully saturated rings. The Labute approximate surface area is 385 Å². The zero-order chi connectivity index (χ0) is 45.3. The molecule has 6 atom stereocenters. The molecule has 5 aliphatic heterocycles. The van der Waals surface area contributed by atoms with Gasteiger partial charge in [0.15, 0.2) is 0 Å². The third kappa shape index (κ3) is 8.46. The number of carbonyl (C=O) groups excluding carboxylic acids is 3. The number of hydrazine groups is 1. The van der Waals surface area contributed by atoms with Crippen molar-refractivity contribution < 1.29 is 28.6 Å². The monoisotopic (exact) mass is 902 g/mol. The van der Waals surface area contributed by atoms with Crippen LogP contribution in [0.3, 0.4) is 0 Å². The van der Waals surface area contributed by atoms with Crippen LogP contribution in [0, 0.1) is 46.8 Å². The quantitative estimate of drug-likeness (QED) is 0.184. The van der Waals surface area contributed by atoms with Gasteiger partial charge in [-0.25, -0.2) is 10.4 Å². The highest BCUT2D eigenvalue weighted by Crippen LogP contribution is 2.48. The number of benzene rings is 1. The van der Waals surface area contributed by atoms with Crippen molar-refractivity contribution in [2.45, 2.75) is 85.0 Å². The number of thiazole rings is 1. The molecule has 2 N–H and O–H groups in total. The van der Waals surface area contributed by atoms with E-state index < -0.39 is 17.4 Å². The molecule has 2 saturated carbocycles. The summed E-state index contributed by atoms with van der Waals surface area (Å²) in [6, 6.07) is 5.80. The van der Waals surface area contributed by atoms with Gasteiger partial charge in [0.05, 0.1) is 59.3 Å². The second-order valence-corrected chi connectivity index (χ2v) is 21.2. The van der Waals surface area contributed by atoms with Crippen molar-refractivity contribution in [1.29, 1.82) is 0 Å². The maximum absolute atomic E-state index is 14.6. The first kappa shape index (κ1) is 44.0. The van der Waals surface area contributed by atoms with Gasteiger partial charge in [-0.2, -0.15) is 0 Å². The van der Waals surface area contributed by atoms with Crippen LogP contribution in [0.25, 0.3) is 33.4 Å². The highest BCUT2D eigenvalue weighted by atomic mass is 32.1. The molecule has 11 rings (SSSR count). The number of pyridine rings is 1. The van der Waals surface area contributed by atoms with Gasteiger partial charge < -0.3 is 29.0 Å². The third-order valence-electron chi connectivity index (χ3n) is 15.1. The molecule has 15 heteroatoms. The summed E-state index contributed by atoms with van der Waals surface area (Å²) in [5, 5.41) is 8.68. The number of methoxy groups -OCH3 is 1. The van der Waals surface area contributed by atoms with Crippen LogP contribution in [-0.4, -0.2) is 126 Å². The van der Waals surface area contributed by atoms with Gasteiger partial charge >= 0.3 is 5.97 Å². The van der Waals surface area contributed by atoms with Gasteiger partial charge in [0.1, 0.15) is 18.4 Å². The lowest BCUT2D eigenvalue weighted by molar-refractivity contribution is -0.171. The van der Waals surface area contributed by atoms with E-state index in [2.05, 4.69) is 95.3 Å². The maximum Gasteiger partial charge on any atom is 0.325 e. The predicted octanol–water partition coefficient (Wildman–Crippen LogP) is 5.32. The number of piperazine rings is 1. The second-order valence-electron chi connectivity index (χ2n) is 20.3. The molecule has 344 valence electrons. The van der Waals surface area contributed by atoms with Crippen LogP contribution in [0.2, 0.25) is 0 Å². The van der Waals surface area contributed by atoms with E-state index in [1.54, 1.807) is 12.1 Å². The van der Waals surface area contributed by atoms with Crippen LogP contribution in [0.1, 0.15) is 75.4 Å². The molecule has 8 heterocycles. The minimum absolute atomic E-state index is 0.0127. The van der Waals surface area contributed by atoms with E-state index >= 15 is 0 Å². The molecule has 3 aromatic heterocycles. The Kier molecular flexibility index (Phi) is 11.8. The molecule has 1 unspecified atom stereocenters. The SMILES string of the molecule is CO[C@@H](C)c1ncc(C#CCN2CCN(C)CC2)cc1-c1c2c3cc(cc4c3n1CCO4)-c1csc(n1)C[C@H](CNC(=O)C1[C@@H](C)[C@H]1C)C(=O)N1N[C@H](C(=O)OCC(C)(C)C2)C2CC1C2. The number of hydrogen-bond acceptors (Lipinski definition) is 12. The summed E-state index contributed by atoms with van der Waals surface area (Å²) < 4.78 is 21.1. The molecule has 8 bridgehead atoms. The van der Waals surface area contributed by atoms with Gasteiger partial charge in [0.2, 0.25) is 11.8 Å². The molecular weight excluding hydrogens is 841 g/mol. The maximum atomic E-state index is 14.6. The lowest BCUT2D eigenvalue weighted by atomic mass is 9.73. The Morgan fingerprint density at radius 1 is 1.09 bits per heavy atom. The van der Waals surface area contributed by atoms with E-state index in [4.69, 9.17) is 24.2 Å². The van der Waals surface area contributed by atoms with Crippen LogP contribution in [0.15, 0.2) is 29.8 Å². The predicted molar refractivity (Wildman–Crippen MR) is 249 cm³/mol. The first-order chi connectivity index (χ1) is 31.3. The fourth-order valence-electron chi connectivity index (χ4n) is 10.7.